The summed E-state index contributed by atoms with van der Waals surface area (Å²) < 4.78 is 32.3. The molecule has 0 saturated heterocycles. The minimum absolute atomic E-state index is 0.275. The molecule has 2 aliphatic carbocycles. The summed E-state index contributed by atoms with van der Waals surface area (Å²) in [6, 6.07) is 2.68. The molecule has 38 heavy (non-hydrogen) atoms. The topological polar surface area (TPSA) is 25.8 Å². The van der Waals surface area contributed by atoms with Crippen LogP contribution in [-0.4, -0.2) is 9.97 Å². The molecular weight excluding hydrogens is 650 g/mol. The van der Waals surface area contributed by atoms with Gasteiger partial charge in [-0.2, -0.15) is 0 Å². The van der Waals surface area contributed by atoms with Crippen molar-refractivity contribution in [2.45, 2.75) is 103 Å². The summed E-state index contributed by atoms with van der Waals surface area (Å²) in [5.74, 6) is 1.61. The highest BCUT2D eigenvalue weighted by molar-refractivity contribution is 9.10. The van der Waals surface area contributed by atoms with Gasteiger partial charge in [-0.25, -0.2) is 18.7 Å². The van der Waals surface area contributed by atoms with E-state index in [4.69, 9.17) is 9.97 Å². The summed E-state index contributed by atoms with van der Waals surface area (Å²) in [6.45, 7) is 4.50. The first kappa shape index (κ1) is 28.8. The Hall–Kier alpha value is -0.700. The van der Waals surface area contributed by atoms with Crippen molar-refractivity contribution in [2.75, 3.05) is 0 Å². The highest BCUT2D eigenvalue weighted by Crippen LogP contribution is 2.47. The van der Waals surface area contributed by atoms with E-state index in [1.165, 1.54) is 86.2 Å². The van der Waals surface area contributed by atoms with Crippen LogP contribution in [0.5, 0.6) is 0 Å². The second-order valence-corrected chi connectivity index (χ2v) is 14.7. The highest BCUT2D eigenvalue weighted by atomic mass is 79.9. The Morgan fingerprint density at radius 3 is 1.39 bits per heavy atom. The summed E-state index contributed by atoms with van der Waals surface area (Å²) in [7, 11) is 0. The Labute approximate surface area is 250 Å². The van der Waals surface area contributed by atoms with Gasteiger partial charge in [0.25, 0.3) is 0 Å². The minimum atomic E-state index is -0.425. The van der Waals surface area contributed by atoms with Gasteiger partial charge in [0.05, 0.1) is 19.8 Å². The third-order valence-corrected chi connectivity index (χ3v) is 12.7. The van der Waals surface area contributed by atoms with Crippen LogP contribution >= 0.6 is 54.5 Å². The lowest BCUT2D eigenvalue weighted by Gasteiger charge is -2.26. The van der Waals surface area contributed by atoms with Crippen molar-refractivity contribution < 1.29 is 8.78 Å². The van der Waals surface area contributed by atoms with Gasteiger partial charge in [-0.1, -0.05) is 39.5 Å². The van der Waals surface area contributed by atoms with Crippen LogP contribution in [0.25, 0.3) is 20.9 Å². The van der Waals surface area contributed by atoms with Gasteiger partial charge < -0.3 is 0 Å². The van der Waals surface area contributed by atoms with Gasteiger partial charge in [0, 0.05) is 23.0 Å². The molecule has 2 heterocycles. The maximum Gasteiger partial charge on any atom is 0.132 e. The second-order valence-electron chi connectivity index (χ2n) is 11.2. The zero-order valence-corrected chi connectivity index (χ0v) is 27.0. The zero-order valence-electron chi connectivity index (χ0n) is 22.2. The van der Waals surface area contributed by atoms with E-state index in [0.29, 0.717) is 30.8 Å². The summed E-state index contributed by atoms with van der Waals surface area (Å²) in [5, 5.41) is 2.07. The van der Waals surface area contributed by atoms with Crippen LogP contribution in [0.3, 0.4) is 0 Å². The Kier molecular flexibility index (Phi) is 9.75. The fourth-order valence-corrected chi connectivity index (χ4v) is 10.2. The van der Waals surface area contributed by atoms with Gasteiger partial charge in [-0.15, -0.1) is 22.7 Å². The van der Waals surface area contributed by atoms with Crippen LogP contribution in [-0.2, 0) is 0 Å². The average molecular weight is 687 g/mol. The molecular formula is C30H36Br2F2N2S2. The normalized spacial score (nSPS) is 24.2. The SMILES string of the molecule is CCCC1CCC(c2nc(Br)c(-c3cc(F)c(-c4sc(C5CCC(CCC)CC5)nc4Br)cc3F)s2)CC1. The number of hydrogen-bond donors (Lipinski definition) is 0. The lowest BCUT2D eigenvalue weighted by Crippen LogP contribution is -2.12. The molecule has 0 spiro atoms. The van der Waals surface area contributed by atoms with Crippen molar-refractivity contribution in [3.05, 3.63) is 43.0 Å². The molecule has 0 aliphatic heterocycles. The van der Waals surface area contributed by atoms with E-state index in [-0.39, 0.29) is 11.1 Å². The molecule has 2 fully saturated rings. The smallest absolute Gasteiger partial charge is 0.132 e. The molecule has 8 heteroatoms. The van der Waals surface area contributed by atoms with Crippen LogP contribution in [0, 0.1) is 23.5 Å². The van der Waals surface area contributed by atoms with Crippen molar-refractivity contribution >= 4 is 54.5 Å². The first-order valence-electron chi connectivity index (χ1n) is 14.2. The number of aromatic nitrogens is 2. The van der Waals surface area contributed by atoms with E-state index in [1.54, 1.807) is 0 Å². The van der Waals surface area contributed by atoms with E-state index in [0.717, 1.165) is 47.5 Å². The van der Waals surface area contributed by atoms with Gasteiger partial charge in [-0.3, -0.25) is 0 Å². The molecule has 206 valence electrons. The van der Waals surface area contributed by atoms with Crippen LogP contribution in [0.15, 0.2) is 21.3 Å². The van der Waals surface area contributed by atoms with E-state index >= 15 is 8.78 Å². The number of hydrogen-bond acceptors (Lipinski definition) is 4. The third kappa shape index (κ3) is 6.28. The molecule has 2 nitrogen and oxygen atoms in total. The third-order valence-electron chi connectivity index (χ3n) is 8.54. The van der Waals surface area contributed by atoms with Gasteiger partial charge in [-0.05, 0) is 107 Å². The molecule has 0 amide bonds. The Morgan fingerprint density at radius 2 is 1.05 bits per heavy atom. The molecule has 0 unspecified atom stereocenters. The van der Waals surface area contributed by atoms with Crippen molar-refractivity contribution in [1.29, 1.82) is 0 Å². The van der Waals surface area contributed by atoms with E-state index in [9.17, 15) is 0 Å². The first-order valence-corrected chi connectivity index (χ1v) is 17.4. The number of halogens is 4. The monoisotopic (exact) mass is 684 g/mol. The Morgan fingerprint density at radius 1 is 0.684 bits per heavy atom. The number of thiazole rings is 2. The Balaban J connectivity index is 1.35. The molecule has 2 saturated carbocycles. The maximum atomic E-state index is 15.5. The molecule has 2 aromatic heterocycles. The van der Waals surface area contributed by atoms with Crippen molar-refractivity contribution in [3.8, 4) is 20.9 Å². The molecule has 0 N–H and O–H groups in total. The Bertz CT molecular complexity index is 1150. The quantitative estimate of drug-likeness (QED) is 0.236. The lowest BCUT2D eigenvalue weighted by atomic mass is 9.80. The van der Waals surface area contributed by atoms with Gasteiger partial charge in [0.1, 0.15) is 20.8 Å². The second kappa shape index (κ2) is 12.9. The van der Waals surface area contributed by atoms with Crippen molar-refractivity contribution in [2.24, 2.45) is 11.8 Å². The summed E-state index contributed by atoms with van der Waals surface area (Å²) in [6.07, 6.45) is 14.5. The van der Waals surface area contributed by atoms with Crippen LogP contribution in [0.1, 0.15) is 113 Å². The maximum absolute atomic E-state index is 15.5. The standard InChI is InChI=1S/C30H36Br2F2N2S2/c1-3-5-17-7-11-19(12-8-17)29-35-27(31)25(37-29)21-15-24(34)22(16-23(21)33)26-28(32)36-30(38-26)20-13-9-18(6-4-2)10-14-20/h15-20H,3-14H2,1-2H3. The highest BCUT2D eigenvalue weighted by Gasteiger charge is 2.29. The fourth-order valence-electron chi connectivity index (χ4n) is 6.42. The predicted octanol–water partition coefficient (Wildman–Crippen LogP) is 11.9. The first-order chi connectivity index (χ1) is 18.4. The number of rotatable bonds is 8. The summed E-state index contributed by atoms with van der Waals surface area (Å²) in [4.78, 5) is 10.8. The summed E-state index contributed by atoms with van der Waals surface area (Å²) >= 11 is 10.1. The largest absolute Gasteiger partial charge is 0.233 e. The molecule has 0 bridgehead atoms. The van der Waals surface area contributed by atoms with Crippen LogP contribution in [0.2, 0.25) is 0 Å². The average Bonchev–Trinajstić information content (AvgIpc) is 3.49. The molecule has 1 aromatic carbocycles. The molecule has 5 rings (SSSR count). The van der Waals surface area contributed by atoms with Gasteiger partial charge in [0.15, 0.2) is 0 Å². The zero-order chi connectivity index (χ0) is 26.8. The van der Waals surface area contributed by atoms with Crippen molar-refractivity contribution in [1.82, 2.24) is 9.97 Å². The van der Waals surface area contributed by atoms with E-state index in [1.807, 2.05) is 0 Å². The van der Waals surface area contributed by atoms with Crippen LogP contribution in [0.4, 0.5) is 8.78 Å². The minimum Gasteiger partial charge on any atom is -0.233 e. The number of benzene rings is 1. The fraction of sp³-hybridized carbons (Fsp3) is 0.600. The van der Waals surface area contributed by atoms with E-state index in [2.05, 4.69) is 45.7 Å². The predicted molar refractivity (Wildman–Crippen MR) is 163 cm³/mol. The molecule has 2 aliphatic rings. The van der Waals surface area contributed by atoms with Gasteiger partial charge >= 0.3 is 0 Å². The lowest BCUT2D eigenvalue weighted by molar-refractivity contribution is 0.308. The number of nitrogens with zero attached hydrogens (tertiary/aromatic N) is 2. The van der Waals surface area contributed by atoms with Gasteiger partial charge in [0.2, 0.25) is 0 Å². The van der Waals surface area contributed by atoms with E-state index < -0.39 is 11.6 Å². The summed E-state index contributed by atoms with van der Waals surface area (Å²) in [5.41, 5.74) is 0.549. The van der Waals surface area contributed by atoms with Crippen molar-refractivity contribution in [3.63, 3.8) is 0 Å². The molecule has 0 atom stereocenters. The molecule has 3 aromatic rings. The van der Waals surface area contributed by atoms with Crippen LogP contribution < -0.4 is 0 Å². The molecule has 0 radical (unpaired) electrons.